The van der Waals surface area contributed by atoms with Crippen LogP contribution < -0.4 is 0 Å². The van der Waals surface area contributed by atoms with E-state index in [1.165, 1.54) is 0 Å². The number of aromatic nitrogens is 3. The van der Waals surface area contributed by atoms with Crippen LogP contribution in [0.1, 0.15) is 41.1 Å². The number of piperazine rings is 1. The van der Waals surface area contributed by atoms with Crippen LogP contribution >= 0.6 is 11.3 Å². The number of thiophene rings is 1. The second-order valence-electron chi connectivity index (χ2n) is 9.12. The summed E-state index contributed by atoms with van der Waals surface area (Å²) in [6.07, 6.45) is 0.726. The molecule has 1 saturated heterocycles. The van der Waals surface area contributed by atoms with Gasteiger partial charge in [0, 0.05) is 58.2 Å². The first kappa shape index (κ1) is 25.8. The van der Waals surface area contributed by atoms with Crippen molar-refractivity contribution in [3.05, 3.63) is 76.9 Å². The number of carbonyl (C=O) groups is 2. The van der Waals surface area contributed by atoms with E-state index in [0.717, 1.165) is 10.4 Å². The average Bonchev–Trinajstić information content (AvgIpc) is 3.73. The third kappa shape index (κ3) is 6.35. The van der Waals surface area contributed by atoms with Crippen LogP contribution in [0, 0.1) is 0 Å². The molecule has 0 bridgehead atoms. The highest BCUT2D eigenvalue weighted by Crippen LogP contribution is 2.25. The highest BCUT2D eigenvalue weighted by molar-refractivity contribution is 7.13. The molecule has 3 aromatic heterocycles. The van der Waals surface area contributed by atoms with Crippen LogP contribution in [0.2, 0.25) is 0 Å². The molecule has 5 rings (SSSR count). The molecule has 10 nitrogen and oxygen atoms in total. The Morgan fingerprint density at radius 1 is 1.03 bits per heavy atom. The van der Waals surface area contributed by atoms with Gasteiger partial charge in [0.05, 0.1) is 11.4 Å². The molecule has 11 heteroatoms. The summed E-state index contributed by atoms with van der Waals surface area (Å²) in [6.45, 7) is 6.27. The molecule has 38 heavy (non-hydrogen) atoms. The summed E-state index contributed by atoms with van der Waals surface area (Å²) >= 11 is 1.54. The van der Waals surface area contributed by atoms with Crippen LogP contribution in [0.4, 0.5) is 0 Å². The first-order valence-electron chi connectivity index (χ1n) is 12.7. The normalized spacial score (nSPS) is 14.1. The fourth-order valence-electron chi connectivity index (χ4n) is 4.39. The second kappa shape index (κ2) is 12.1. The summed E-state index contributed by atoms with van der Waals surface area (Å²) in [5, 5.41) is 10.0. The Labute approximate surface area is 224 Å². The SMILES string of the molecule is CCN(Cc1ccccc1)C(=O)CCc1nc(CN2CCN(C(=O)c3cc(-c4cccs4)on3)CC2)no1. The molecule has 4 aromatic rings. The molecule has 2 amide bonds. The topological polar surface area (TPSA) is 109 Å². The average molecular weight is 535 g/mol. The molecule has 198 valence electrons. The predicted molar refractivity (Wildman–Crippen MR) is 141 cm³/mol. The molecule has 0 unspecified atom stereocenters. The van der Waals surface area contributed by atoms with Crippen LogP contribution in [0.5, 0.6) is 0 Å². The van der Waals surface area contributed by atoms with Crippen molar-refractivity contribution in [2.75, 3.05) is 32.7 Å². The third-order valence-electron chi connectivity index (χ3n) is 6.53. The van der Waals surface area contributed by atoms with Crippen molar-refractivity contribution in [3.63, 3.8) is 0 Å². The standard InChI is InChI=1S/C27H30N6O4S/c1-2-32(18-20-7-4-3-5-8-20)26(34)11-10-25-28-24(30-37-25)19-31-12-14-33(15-13-31)27(35)21-17-22(36-29-21)23-9-6-16-38-23/h3-9,16-17H,2,10-15,18-19H2,1H3. The van der Waals surface area contributed by atoms with E-state index in [0.29, 0.717) is 81.8 Å². The van der Waals surface area contributed by atoms with Gasteiger partial charge in [-0.05, 0) is 23.9 Å². The Hall–Kier alpha value is -3.83. The van der Waals surface area contributed by atoms with E-state index in [9.17, 15) is 9.59 Å². The molecule has 1 aromatic carbocycles. The molecule has 0 aliphatic carbocycles. The van der Waals surface area contributed by atoms with Crippen LogP contribution in [0.15, 0.2) is 63.0 Å². The summed E-state index contributed by atoms with van der Waals surface area (Å²) in [4.78, 5) is 36.8. The van der Waals surface area contributed by atoms with Crippen LogP contribution in [0.3, 0.4) is 0 Å². The van der Waals surface area contributed by atoms with E-state index in [-0.39, 0.29) is 11.8 Å². The smallest absolute Gasteiger partial charge is 0.276 e. The number of nitrogens with zero attached hydrogens (tertiary/aromatic N) is 6. The fraction of sp³-hybridized carbons (Fsp3) is 0.370. The molecule has 4 heterocycles. The number of rotatable bonds is 10. The molecular formula is C27H30N6O4S. The van der Waals surface area contributed by atoms with E-state index >= 15 is 0 Å². The first-order chi connectivity index (χ1) is 18.6. The Bertz CT molecular complexity index is 1330. The van der Waals surface area contributed by atoms with Gasteiger partial charge in [-0.25, -0.2) is 0 Å². The molecule has 0 atom stereocenters. The van der Waals surface area contributed by atoms with Gasteiger partial charge < -0.3 is 18.8 Å². The van der Waals surface area contributed by atoms with Crippen molar-refractivity contribution in [2.45, 2.75) is 32.9 Å². The summed E-state index contributed by atoms with van der Waals surface area (Å²) in [5.41, 5.74) is 1.43. The number of carbonyl (C=O) groups excluding carboxylic acids is 2. The molecule has 1 aliphatic rings. The lowest BCUT2D eigenvalue weighted by atomic mass is 10.2. The molecule has 0 saturated carbocycles. The van der Waals surface area contributed by atoms with E-state index in [2.05, 4.69) is 20.2 Å². The highest BCUT2D eigenvalue weighted by Gasteiger charge is 2.26. The van der Waals surface area contributed by atoms with E-state index in [1.807, 2.05) is 59.7 Å². The van der Waals surface area contributed by atoms with Gasteiger partial charge in [0.15, 0.2) is 17.3 Å². The monoisotopic (exact) mass is 534 g/mol. The summed E-state index contributed by atoms with van der Waals surface area (Å²) in [6, 6.07) is 15.5. The lowest BCUT2D eigenvalue weighted by Gasteiger charge is -2.33. The van der Waals surface area contributed by atoms with E-state index in [4.69, 9.17) is 9.05 Å². The van der Waals surface area contributed by atoms with Gasteiger partial charge in [-0.15, -0.1) is 11.3 Å². The van der Waals surface area contributed by atoms with Gasteiger partial charge in [0.2, 0.25) is 11.8 Å². The molecule has 0 N–H and O–H groups in total. The van der Waals surface area contributed by atoms with Crippen molar-refractivity contribution in [1.29, 1.82) is 0 Å². The molecule has 1 fully saturated rings. The third-order valence-corrected chi connectivity index (χ3v) is 7.42. The lowest BCUT2D eigenvalue weighted by Crippen LogP contribution is -2.48. The molecular weight excluding hydrogens is 504 g/mol. The largest absolute Gasteiger partial charge is 0.355 e. The number of aryl methyl sites for hydroxylation is 1. The minimum atomic E-state index is -0.129. The number of hydrogen-bond acceptors (Lipinski definition) is 9. The second-order valence-corrected chi connectivity index (χ2v) is 10.1. The Balaban J connectivity index is 1.06. The molecule has 0 spiro atoms. The van der Waals surface area contributed by atoms with Crippen LogP contribution in [0.25, 0.3) is 10.6 Å². The summed E-state index contributed by atoms with van der Waals surface area (Å²) in [5.74, 6) is 1.59. The van der Waals surface area contributed by atoms with Crippen LogP contribution in [-0.4, -0.2) is 74.5 Å². The maximum Gasteiger partial charge on any atom is 0.276 e. The Morgan fingerprint density at radius 2 is 1.84 bits per heavy atom. The predicted octanol–water partition coefficient (Wildman–Crippen LogP) is 3.73. The van der Waals surface area contributed by atoms with E-state index in [1.54, 1.807) is 22.3 Å². The van der Waals surface area contributed by atoms with Gasteiger partial charge in [-0.2, -0.15) is 4.98 Å². The maximum atomic E-state index is 12.9. The number of hydrogen-bond donors (Lipinski definition) is 0. The van der Waals surface area contributed by atoms with Crippen molar-refractivity contribution in [1.82, 2.24) is 30.0 Å². The van der Waals surface area contributed by atoms with Gasteiger partial charge in [-0.1, -0.05) is 46.7 Å². The van der Waals surface area contributed by atoms with E-state index < -0.39 is 0 Å². The van der Waals surface area contributed by atoms with Crippen molar-refractivity contribution in [2.24, 2.45) is 0 Å². The number of amides is 2. The van der Waals surface area contributed by atoms with Crippen molar-refractivity contribution >= 4 is 23.2 Å². The summed E-state index contributed by atoms with van der Waals surface area (Å²) < 4.78 is 10.8. The van der Waals surface area contributed by atoms with Gasteiger partial charge >= 0.3 is 0 Å². The first-order valence-corrected chi connectivity index (χ1v) is 13.6. The lowest BCUT2D eigenvalue weighted by molar-refractivity contribution is -0.131. The van der Waals surface area contributed by atoms with Crippen molar-refractivity contribution < 1.29 is 18.6 Å². The fourth-order valence-corrected chi connectivity index (χ4v) is 5.06. The Kier molecular flexibility index (Phi) is 8.25. The minimum Gasteiger partial charge on any atom is -0.355 e. The van der Waals surface area contributed by atoms with Gasteiger partial charge in [0.25, 0.3) is 5.91 Å². The molecule has 1 aliphatic heterocycles. The Morgan fingerprint density at radius 3 is 2.58 bits per heavy atom. The molecule has 0 radical (unpaired) electrons. The van der Waals surface area contributed by atoms with Gasteiger partial charge in [-0.3, -0.25) is 14.5 Å². The zero-order valence-corrected chi connectivity index (χ0v) is 22.1. The summed E-state index contributed by atoms with van der Waals surface area (Å²) in [7, 11) is 0. The highest BCUT2D eigenvalue weighted by atomic mass is 32.1. The zero-order valence-electron chi connectivity index (χ0n) is 21.3. The number of benzene rings is 1. The van der Waals surface area contributed by atoms with Gasteiger partial charge in [0.1, 0.15) is 0 Å². The van der Waals surface area contributed by atoms with Crippen LogP contribution in [-0.2, 0) is 24.3 Å². The maximum absolute atomic E-state index is 12.9. The van der Waals surface area contributed by atoms with Crippen molar-refractivity contribution in [3.8, 4) is 10.6 Å². The quantitative estimate of drug-likeness (QED) is 0.303. The minimum absolute atomic E-state index is 0.0616. The zero-order chi connectivity index (χ0) is 26.3.